The summed E-state index contributed by atoms with van der Waals surface area (Å²) in [6.07, 6.45) is 2.08. The molecule has 0 amide bonds. The number of nitrogens with zero attached hydrogens (tertiary/aromatic N) is 1. The molecule has 2 N–H and O–H groups in total. The summed E-state index contributed by atoms with van der Waals surface area (Å²) in [6, 6.07) is 0. The summed E-state index contributed by atoms with van der Waals surface area (Å²) in [5, 5.41) is 0.481. The predicted molar refractivity (Wildman–Crippen MR) is 62.8 cm³/mol. The van der Waals surface area contributed by atoms with Gasteiger partial charge in [0.05, 0.1) is 11.4 Å². The van der Waals surface area contributed by atoms with Crippen LogP contribution in [0.15, 0.2) is 0 Å². The van der Waals surface area contributed by atoms with Crippen molar-refractivity contribution >= 4 is 26.6 Å². The standard InChI is InChI=1S/C9H14N2O3S2/c1-2-16(12,13)14-6-4-3-5-7-8(6)11-9(10)15-7/h6H,2-5H2,1H3,(H2,10,11). The molecule has 0 saturated heterocycles. The minimum atomic E-state index is -3.43. The van der Waals surface area contributed by atoms with Crippen LogP contribution in [0.25, 0.3) is 0 Å². The summed E-state index contributed by atoms with van der Waals surface area (Å²) in [5.41, 5.74) is 6.33. The van der Waals surface area contributed by atoms with Gasteiger partial charge in [0.15, 0.2) is 5.13 Å². The molecule has 1 heterocycles. The zero-order chi connectivity index (χ0) is 11.8. The molecule has 1 aliphatic rings. The second-order valence-corrected chi connectivity index (χ2v) is 6.68. The monoisotopic (exact) mass is 262 g/mol. The molecule has 7 heteroatoms. The van der Waals surface area contributed by atoms with Crippen molar-refractivity contribution < 1.29 is 12.6 Å². The highest BCUT2D eigenvalue weighted by Gasteiger charge is 2.28. The predicted octanol–water partition coefficient (Wildman–Crippen LogP) is 1.47. The van der Waals surface area contributed by atoms with Gasteiger partial charge in [-0.2, -0.15) is 8.42 Å². The Kier molecular flexibility index (Phi) is 3.18. The number of aryl methyl sites for hydroxylation is 1. The van der Waals surface area contributed by atoms with Gasteiger partial charge in [0.1, 0.15) is 6.10 Å². The Morgan fingerprint density at radius 1 is 1.62 bits per heavy atom. The Labute approximate surface area is 98.8 Å². The number of fused-ring (bicyclic) bond motifs is 1. The molecule has 1 aromatic rings. The number of thiazole rings is 1. The van der Waals surface area contributed by atoms with E-state index in [0.717, 1.165) is 17.7 Å². The zero-order valence-electron chi connectivity index (χ0n) is 8.97. The number of nitrogens with two attached hydrogens (primary N) is 1. The van der Waals surface area contributed by atoms with Crippen LogP contribution in [-0.2, 0) is 20.7 Å². The van der Waals surface area contributed by atoms with Crippen molar-refractivity contribution in [1.29, 1.82) is 0 Å². The van der Waals surface area contributed by atoms with Crippen molar-refractivity contribution in [2.45, 2.75) is 32.3 Å². The largest absolute Gasteiger partial charge is 0.375 e. The summed E-state index contributed by atoms with van der Waals surface area (Å²) in [7, 11) is -3.43. The first-order valence-corrected chi connectivity index (χ1v) is 7.57. The maximum Gasteiger partial charge on any atom is 0.267 e. The average Bonchev–Trinajstić information content (AvgIpc) is 2.59. The number of hydrogen-bond donors (Lipinski definition) is 1. The quantitative estimate of drug-likeness (QED) is 0.834. The molecule has 0 fully saturated rings. The molecular formula is C9H14N2O3S2. The van der Waals surface area contributed by atoms with E-state index in [9.17, 15) is 8.42 Å². The molecule has 0 bridgehead atoms. The molecule has 0 aliphatic heterocycles. The number of aromatic nitrogens is 1. The van der Waals surface area contributed by atoms with Crippen molar-refractivity contribution in [2.75, 3.05) is 11.5 Å². The maximum absolute atomic E-state index is 11.4. The lowest BCUT2D eigenvalue weighted by Crippen LogP contribution is -2.17. The maximum atomic E-state index is 11.4. The first-order chi connectivity index (χ1) is 7.52. The highest BCUT2D eigenvalue weighted by molar-refractivity contribution is 7.86. The lowest BCUT2D eigenvalue weighted by Gasteiger charge is -2.20. The molecule has 1 aromatic heterocycles. The molecular weight excluding hydrogens is 248 g/mol. The molecule has 0 radical (unpaired) electrons. The molecule has 16 heavy (non-hydrogen) atoms. The van der Waals surface area contributed by atoms with Gasteiger partial charge in [0.25, 0.3) is 10.1 Å². The number of anilines is 1. The van der Waals surface area contributed by atoms with Crippen molar-refractivity contribution in [3.8, 4) is 0 Å². The summed E-state index contributed by atoms with van der Waals surface area (Å²) in [5.74, 6) is -0.0154. The normalized spacial score (nSPS) is 20.7. The molecule has 0 aromatic carbocycles. The molecule has 1 unspecified atom stereocenters. The van der Waals surface area contributed by atoms with Crippen LogP contribution in [0, 0.1) is 0 Å². The Bertz CT molecular complexity index is 481. The van der Waals surface area contributed by atoms with E-state index in [1.807, 2.05) is 0 Å². The van der Waals surface area contributed by atoms with E-state index >= 15 is 0 Å². The molecule has 5 nitrogen and oxygen atoms in total. The number of nitrogen functional groups attached to an aromatic ring is 1. The van der Waals surface area contributed by atoms with Crippen LogP contribution < -0.4 is 5.73 Å². The van der Waals surface area contributed by atoms with Crippen molar-refractivity contribution in [2.24, 2.45) is 0 Å². The van der Waals surface area contributed by atoms with Gasteiger partial charge in [-0.05, 0) is 26.2 Å². The zero-order valence-corrected chi connectivity index (χ0v) is 10.6. The Balaban J connectivity index is 2.25. The molecule has 2 rings (SSSR count). The van der Waals surface area contributed by atoms with Crippen LogP contribution in [0.5, 0.6) is 0 Å². The van der Waals surface area contributed by atoms with Gasteiger partial charge in [-0.1, -0.05) is 0 Å². The van der Waals surface area contributed by atoms with Gasteiger partial charge >= 0.3 is 0 Å². The van der Waals surface area contributed by atoms with E-state index in [-0.39, 0.29) is 5.75 Å². The van der Waals surface area contributed by atoms with Crippen molar-refractivity contribution in [1.82, 2.24) is 4.98 Å². The van der Waals surface area contributed by atoms with Crippen LogP contribution in [0.2, 0.25) is 0 Å². The minimum Gasteiger partial charge on any atom is -0.375 e. The Morgan fingerprint density at radius 2 is 2.38 bits per heavy atom. The van der Waals surface area contributed by atoms with Crippen molar-refractivity contribution in [3.63, 3.8) is 0 Å². The molecule has 1 aliphatic carbocycles. The first-order valence-electron chi connectivity index (χ1n) is 5.18. The highest BCUT2D eigenvalue weighted by Crippen LogP contribution is 2.37. The molecule has 0 saturated carbocycles. The third-order valence-corrected chi connectivity index (χ3v) is 4.73. The van der Waals surface area contributed by atoms with E-state index < -0.39 is 16.2 Å². The summed E-state index contributed by atoms with van der Waals surface area (Å²) in [4.78, 5) is 5.21. The minimum absolute atomic E-state index is 0.0154. The van der Waals surface area contributed by atoms with Gasteiger partial charge in [-0.25, -0.2) is 4.98 Å². The fourth-order valence-corrected chi connectivity index (χ4v) is 3.34. The smallest absolute Gasteiger partial charge is 0.267 e. The van der Waals surface area contributed by atoms with Gasteiger partial charge in [-0.15, -0.1) is 11.3 Å². The van der Waals surface area contributed by atoms with Crippen LogP contribution in [0.3, 0.4) is 0 Å². The highest BCUT2D eigenvalue weighted by atomic mass is 32.2. The fourth-order valence-electron chi connectivity index (χ4n) is 1.74. The topological polar surface area (TPSA) is 82.3 Å². The Morgan fingerprint density at radius 3 is 3.06 bits per heavy atom. The van der Waals surface area contributed by atoms with E-state index in [0.29, 0.717) is 17.2 Å². The molecule has 1 atom stereocenters. The van der Waals surface area contributed by atoms with Gasteiger partial charge in [0.2, 0.25) is 0 Å². The number of rotatable bonds is 3. The van der Waals surface area contributed by atoms with E-state index in [1.54, 1.807) is 6.92 Å². The fraction of sp³-hybridized carbons (Fsp3) is 0.667. The Hall–Kier alpha value is -0.660. The summed E-state index contributed by atoms with van der Waals surface area (Å²) in [6.45, 7) is 1.56. The third kappa shape index (κ3) is 2.36. The first kappa shape index (κ1) is 11.8. The van der Waals surface area contributed by atoms with Crippen LogP contribution in [0.1, 0.15) is 36.4 Å². The lowest BCUT2D eigenvalue weighted by molar-refractivity contribution is 0.188. The van der Waals surface area contributed by atoms with Crippen molar-refractivity contribution in [3.05, 3.63) is 10.6 Å². The van der Waals surface area contributed by atoms with E-state index in [1.165, 1.54) is 11.3 Å². The van der Waals surface area contributed by atoms with E-state index in [2.05, 4.69) is 4.98 Å². The number of hydrogen-bond acceptors (Lipinski definition) is 6. The average molecular weight is 262 g/mol. The molecule has 90 valence electrons. The third-order valence-electron chi connectivity index (χ3n) is 2.54. The second kappa shape index (κ2) is 4.31. The van der Waals surface area contributed by atoms with Crippen LogP contribution in [-0.4, -0.2) is 19.2 Å². The SMILES string of the molecule is CCS(=O)(=O)OC1CCCc2sc(N)nc21. The summed E-state index contributed by atoms with van der Waals surface area (Å²) >= 11 is 1.42. The van der Waals surface area contributed by atoms with Gasteiger partial charge in [0, 0.05) is 4.88 Å². The summed E-state index contributed by atoms with van der Waals surface area (Å²) < 4.78 is 27.9. The van der Waals surface area contributed by atoms with Crippen LogP contribution >= 0.6 is 11.3 Å². The van der Waals surface area contributed by atoms with Gasteiger partial charge < -0.3 is 5.73 Å². The molecule has 0 spiro atoms. The second-order valence-electron chi connectivity index (χ2n) is 3.68. The van der Waals surface area contributed by atoms with E-state index in [4.69, 9.17) is 9.92 Å². The van der Waals surface area contributed by atoms with Crippen LogP contribution in [0.4, 0.5) is 5.13 Å². The lowest BCUT2D eigenvalue weighted by atomic mass is 10.0. The van der Waals surface area contributed by atoms with Gasteiger partial charge in [-0.3, -0.25) is 4.18 Å².